The van der Waals surface area contributed by atoms with Crippen molar-refractivity contribution < 1.29 is 24.6 Å². The zero-order valence-electron chi connectivity index (χ0n) is 20.9. The van der Waals surface area contributed by atoms with Gasteiger partial charge in [0.1, 0.15) is 6.54 Å². The fourth-order valence-corrected chi connectivity index (χ4v) is 3.81. The minimum atomic E-state index is -0.940. The summed E-state index contributed by atoms with van der Waals surface area (Å²) in [7, 11) is 0. The number of nitrogens with zero attached hydrogens (tertiary/aromatic N) is 1. The van der Waals surface area contributed by atoms with E-state index in [1.54, 1.807) is 0 Å². The lowest BCUT2D eigenvalue weighted by Gasteiger charge is -2.26. The van der Waals surface area contributed by atoms with Crippen molar-refractivity contribution in [3.8, 4) is 0 Å². The third kappa shape index (κ3) is 19.1. The molecule has 0 aliphatic carbocycles. The maximum Gasteiger partial charge on any atom is 0.323 e. The van der Waals surface area contributed by atoms with Crippen molar-refractivity contribution in [2.75, 3.05) is 13.1 Å². The highest BCUT2D eigenvalue weighted by Gasteiger charge is 2.20. The molecule has 0 saturated heterocycles. The summed E-state index contributed by atoms with van der Waals surface area (Å²) >= 11 is 0. The molecule has 0 aliphatic rings. The monoisotopic (exact) mass is 455 g/mol. The van der Waals surface area contributed by atoms with Gasteiger partial charge in [0, 0.05) is 19.4 Å². The van der Waals surface area contributed by atoms with Crippen LogP contribution in [-0.2, 0) is 14.4 Å². The van der Waals surface area contributed by atoms with E-state index in [-0.39, 0.29) is 12.5 Å². The second-order valence-corrected chi connectivity index (χ2v) is 9.73. The van der Waals surface area contributed by atoms with Gasteiger partial charge in [-0.25, -0.2) is 0 Å². The first kappa shape index (κ1) is 30.4. The summed E-state index contributed by atoms with van der Waals surface area (Å²) in [6.45, 7) is 6.59. The Morgan fingerprint density at radius 1 is 0.594 bits per heavy atom. The van der Waals surface area contributed by atoms with Crippen LogP contribution in [0.3, 0.4) is 0 Å². The molecular formula is C26H49NO5. The number of rotatable bonds is 22. The third-order valence-electron chi connectivity index (χ3n) is 6.36. The first-order chi connectivity index (χ1) is 15.2. The van der Waals surface area contributed by atoms with Gasteiger partial charge in [0.15, 0.2) is 0 Å². The lowest BCUT2D eigenvalue weighted by molar-refractivity contribution is -0.145. The summed E-state index contributed by atoms with van der Waals surface area (Å²) in [6.07, 6.45) is 16.8. The van der Waals surface area contributed by atoms with Crippen LogP contribution in [-0.4, -0.2) is 46.0 Å². The van der Waals surface area contributed by atoms with Crippen molar-refractivity contribution in [1.29, 1.82) is 0 Å². The van der Waals surface area contributed by atoms with E-state index in [1.807, 2.05) is 0 Å². The maximum atomic E-state index is 12.4. The summed E-state index contributed by atoms with van der Waals surface area (Å²) in [6, 6.07) is 0. The highest BCUT2D eigenvalue weighted by atomic mass is 16.4. The average molecular weight is 456 g/mol. The Morgan fingerprint density at radius 3 is 1.31 bits per heavy atom. The molecule has 1 atom stereocenters. The molecule has 0 aromatic heterocycles. The zero-order valence-corrected chi connectivity index (χ0v) is 20.9. The Morgan fingerprint density at radius 2 is 0.969 bits per heavy atom. The fraction of sp³-hybridized carbons (Fsp3) is 0.885. The van der Waals surface area contributed by atoms with Crippen LogP contribution in [0.5, 0.6) is 0 Å². The van der Waals surface area contributed by atoms with Crippen LogP contribution in [0, 0.1) is 11.8 Å². The third-order valence-corrected chi connectivity index (χ3v) is 6.36. The summed E-state index contributed by atoms with van der Waals surface area (Å²) < 4.78 is 0. The number of hydrogen-bond acceptors (Lipinski definition) is 3. The summed E-state index contributed by atoms with van der Waals surface area (Å²) in [4.78, 5) is 35.5. The number of unbranched alkanes of at least 4 members (excludes halogenated alkanes) is 13. The van der Waals surface area contributed by atoms with Gasteiger partial charge < -0.3 is 15.1 Å². The molecule has 32 heavy (non-hydrogen) atoms. The summed E-state index contributed by atoms with van der Waals surface area (Å²) in [5.41, 5.74) is 0. The Bertz CT molecular complexity index is 506. The van der Waals surface area contributed by atoms with Gasteiger partial charge in [-0.05, 0) is 24.7 Å². The van der Waals surface area contributed by atoms with Crippen molar-refractivity contribution in [3.05, 3.63) is 0 Å². The molecule has 1 amide bonds. The van der Waals surface area contributed by atoms with Crippen LogP contribution in [0.4, 0.5) is 0 Å². The molecule has 188 valence electrons. The first-order valence-corrected chi connectivity index (χ1v) is 12.9. The molecule has 0 aromatic carbocycles. The second kappa shape index (κ2) is 20.0. The smallest absolute Gasteiger partial charge is 0.323 e. The van der Waals surface area contributed by atoms with Gasteiger partial charge in [-0.15, -0.1) is 0 Å². The van der Waals surface area contributed by atoms with Crippen LogP contribution >= 0.6 is 0 Å². The Labute approximate surface area is 196 Å². The van der Waals surface area contributed by atoms with Crippen molar-refractivity contribution >= 4 is 17.8 Å². The highest BCUT2D eigenvalue weighted by molar-refractivity contribution is 5.81. The Hall–Kier alpha value is -1.59. The minimum Gasteiger partial charge on any atom is -0.481 e. The van der Waals surface area contributed by atoms with Crippen LogP contribution in [0.1, 0.15) is 124 Å². The highest BCUT2D eigenvalue weighted by Crippen LogP contribution is 2.15. The Kier molecular flexibility index (Phi) is 19.1. The summed E-state index contributed by atoms with van der Waals surface area (Å²) in [5.74, 6) is -0.934. The molecule has 0 aromatic rings. The summed E-state index contributed by atoms with van der Waals surface area (Å²) in [5, 5.41) is 17.7. The van der Waals surface area contributed by atoms with E-state index in [0.29, 0.717) is 31.2 Å². The lowest BCUT2D eigenvalue weighted by Crippen LogP contribution is -2.39. The first-order valence-electron chi connectivity index (χ1n) is 12.9. The topological polar surface area (TPSA) is 94.9 Å². The van der Waals surface area contributed by atoms with E-state index < -0.39 is 11.9 Å². The van der Waals surface area contributed by atoms with Gasteiger partial charge in [0.25, 0.3) is 0 Å². The average Bonchev–Trinajstić information content (AvgIpc) is 2.72. The van der Waals surface area contributed by atoms with E-state index >= 15 is 0 Å². The maximum absolute atomic E-state index is 12.4. The fourth-order valence-electron chi connectivity index (χ4n) is 3.81. The number of carbonyl (C=O) groups excluding carboxylic acids is 1. The van der Waals surface area contributed by atoms with Crippen LogP contribution < -0.4 is 0 Å². The second-order valence-electron chi connectivity index (χ2n) is 9.73. The predicted molar refractivity (Wildman–Crippen MR) is 130 cm³/mol. The SMILES string of the molecule is CC(C)C(C)CN(CC(=O)O)C(=O)CCCCCCCCCCCCCCCCC(=O)O. The number of carbonyl (C=O) groups is 3. The van der Waals surface area contributed by atoms with Crippen LogP contribution in [0.15, 0.2) is 0 Å². The van der Waals surface area contributed by atoms with Gasteiger partial charge in [-0.2, -0.15) is 0 Å². The molecule has 6 nitrogen and oxygen atoms in total. The molecule has 6 heteroatoms. The predicted octanol–water partition coefficient (Wildman–Crippen LogP) is 6.52. The van der Waals surface area contributed by atoms with Gasteiger partial charge in [-0.1, -0.05) is 97.8 Å². The largest absolute Gasteiger partial charge is 0.481 e. The number of carboxylic acids is 2. The van der Waals surface area contributed by atoms with E-state index in [1.165, 1.54) is 56.3 Å². The molecule has 0 saturated carbocycles. The molecule has 1 unspecified atom stereocenters. The van der Waals surface area contributed by atoms with Gasteiger partial charge in [0.05, 0.1) is 0 Å². The van der Waals surface area contributed by atoms with Gasteiger partial charge >= 0.3 is 11.9 Å². The molecule has 2 N–H and O–H groups in total. The number of carboxylic acid groups (broad SMARTS) is 2. The van der Waals surface area contributed by atoms with Crippen molar-refractivity contribution in [2.24, 2.45) is 11.8 Å². The molecule has 0 fully saturated rings. The van der Waals surface area contributed by atoms with E-state index in [0.717, 1.165) is 38.5 Å². The molecular weight excluding hydrogens is 406 g/mol. The molecule has 0 heterocycles. The minimum absolute atomic E-state index is 0.0261. The number of amides is 1. The molecule has 0 aliphatic heterocycles. The van der Waals surface area contributed by atoms with Crippen molar-refractivity contribution in [2.45, 2.75) is 124 Å². The quantitative estimate of drug-likeness (QED) is 0.181. The molecule has 0 rings (SSSR count). The molecule has 0 radical (unpaired) electrons. The van der Waals surface area contributed by atoms with Crippen LogP contribution in [0.25, 0.3) is 0 Å². The Balaban J connectivity index is 3.60. The molecule has 0 spiro atoms. The van der Waals surface area contributed by atoms with E-state index in [9.17, 15) is 14.4 Å². The zero-order chi connectivity index (χ0) is 24.2. The number of aliphatic carboxylic acids is 2. The van der Waals surface area contributed by atoms with E-state index in [4.69, 9.17) is 10.2 Å². The van der Waals surface area contributed by atoms with Crippen molar-refractivity contribution in [1.82, 2.24) is 4.90 Å². The van der Waals surface area contributed by atoms with Crippen LogP contribution in [0.2, 0.25) is 0 Å². The standard InChI is InChI=1S/C26H49NO5/c1-22(2)23(3)20-27(21-26(31)32)24(28)18-16-14-12-10-8-6-4-5-7-9-11-13-15-17-19-25(29)30/h22-23H,4-21H2,1-3H3,(H,29,30)(H,31,32). The molecule has 0 bridgehead atoms. The van der Waals surface area contributed by atoms with E-state index in [2.05, 4.69) is 20.8 Å². The van der Waals surface area contributed by atoms with Gasteiger partial charge in [-0.3, -0.25) is 14.4 Å². The number of hydrogen-bond donors (Lipinski definition) is 2. The normalized spacial score (nSPS) is 12.1. The van der Waals surface area contributed by atoms with Crippen molar-refractivity contribution in [3.63, 3.8) is 0 Å². The van der Waals surface area contributed by atoms with Gasteiger partial charge in [0.2, 0.25) is 5.91 Å². The lowest BCUT2D eigenvalue weighted by atomic mass is 9.97.